The minimum atomic E-state index is -0.0470. The number of fused-ring (bicyclic) bond motifs is 8. The molecule has 9 aromatic rings. The van der Waals surface area contributed by atoms with Crippen molar-refractivity contribution in [3.63, 3.8) is 0 Å². The van der Waals surface area contributed by atoms with Crippen molar-refractivity contribution in [2.24, 2.45) is 0 Å². The SMILES string of the molecule is CC1(C)c2ccccc2-c2cc(N(c3ccc4cc(-c5cccc6ccccc56)ccc4c3)c3ccc4oc5ccccc5c4c3)ccc21. The van der Waals surface area contributed by atoms with Crippen LogP contribution in [0.15, 0.2) is 168 Å². The van der Waals surface area contributed by atoms with Crippen LogP contribution >= 0.6 is 0 Å². The first kappa shape index (κ1) is 27.9. The highest BCUT2D eigenvalue weighted by molar-refractivity contribution is 6.07. The second-order valence-corrected chi connectivity index (χ2v) is 13.8. The van der Waals surface area contributed by atoms with Crippen LogP contribution in [-0.2, 0) is 5.41 Å². The predicted molar refractivity (Wildman–Crippen MR) is 206 cm³/mol. The molecule has 0 spiro atoms. The summed E-state index contributed by atoms with van der Waals surface area (Å²) in [6, 6.07) is 59.6. The van der Waals surface area contributed by atoms with Crippen molar-refractivity contribution in [3.05, 3.63) is 175 Å². The molecule has 0 bridgehead atoms. The van der Waals surface area contributed by atoms with E-state index in [9.17, 15) is 0 Å². The van der Waals surface area contributed by atoms with Crippen LogP contribution in [0.4, 0.5) is 17.1 Å². The van der Waals surface area contributed by atoms with Gasteiger partial charge in [0.1, 0.15) is 11.2 Å². The summed E-state index contributed by atoms with van der Waals surface area (Å²) in [6.45, 7) is 4.67. The van der Waals surface area contributed by atoms with Crippen LogP contribution in [0.1, 0.15) is 25.0 Å². The molecule has 2 nitrogen and oxygen atoms in total. The molecule has 0 saturated heterocycles. The van der Waals surface area contributed by atoms with Crippen molar-refractivity contribution in [1.82, 2.24) is 0 Å². The number of rotatable bonds is 4. The largest absolute Gasteiger partial charge is 0.456 e. The molecule has 0 aliphatic heterocycles. The van der Waals surface area contributed by atoms with E-state index in [4.69, 9.17) is 4.42 Å². The summed E-state index contributed by atoms with van der Waals surface area (Å²) in [4.78, 5) is 2.40. The van der Waals surface area contributed by atoms with E-state index in [-0.39, 0.29) is 5.41 Å². The third-order valence-electron chi connectivity index (χ3n) is 10.6. The number of furan rings is 1. The number of hydrogen-bond acceptors (Lipinski definition) is 2. The molecule has 0 N–H and O–H groups in total. The van der Waals surface area contributed by atoms with Gasteiger partial charge in [-0.05, 0) is 110 Å². The van der Waals surface area contributed by atoms with Gasteiger partial charge in [0.05, 0.1) is 0 Å². The fourth-order valence-corrected chi connectivity index (χ4v) is 8.16. The summed E-state index contributed by atoms with van der Waals surface area (Å²) >= 11 is 0. The van der Waals surface area contributed by atoms with Gasteiger partial charge in [-0.25, -0.2) is 0 Å². The van der Waals surface area contributed by atoms with E-state index in [1.807, 2.05) is 12.1 Å². The van der Waals surface area contributed by atoms with Gasteiger partial charge in [-0.15, -0.1) is 0 Å². The van der Waals surface area contributed by atoms with Gasteiger partial charge in [0.15, 0.2) is 0 Å². The average molecular weight is 628 g/mol. The maximum atomic E-state index is 6.23. The number of hydrogen-bond donors (Lipinski definition) is 0. The Morgan fingerprint density at radius 3 is 1.98 bits per heavy atom. The molecule has 0 radical (unpaired) electrons. The summed E-state index contributed by atoms with van der Waals surface area (Å²) < 4.78 is 6.23. The fourth-order valence-electron chi connectivity index (χ4n) is 8.16. The first-order valence-corrected chi connectivity index (χ1v) is 17.0. The third-order valence-corrected chi connectivity index (χ3v) is 10.6. The molecule has 0 fully saturated rings. The summed E-state index contributed by atoms with van der Waals surface area (Å²) in [5.74, 6) is 0. The Morgan fingerprint density at radius 1 is 0.408 bits per heavy atom. The number of anilines is 3. The normalized spacial score (nSPS) is 13.3. The van der Waals surface area contributed by atoms with Crippen LogP contribution < -0.4 is 4.90 Å². The molecular weight excluding hydrogens is 595 g/mol. The number of nitrogens with zero attached hydrogens (tertiary/aromatic N) is 1. The van der Waals surface area contributed by atoms with E-state index >= 15 is 0 Å². The smallest absolute Gasteiger partial charge is 0.135 e. The molecule has 49 heavy (non-hydrogen) atoms. The third kappa shape index (κ3) is 4.27. The zero-order valence-corrected chi connectivity index (χ0v) is 27.4. The predicted octanol–water partition coefficient (Wildman–Crippen LogP) is 13.3. The maximum Gasteiger partial charge on any atom is 0.135 e. The highest BCUT2D eigenvalue weighted by atomic mass is 16.3. The molecule has 1 heterocycles. The molecular formula is C47H33NO. The van der Waals surface area contributed by atoms with Gasteiger partial charge in [0.2, 0.25) is 0 Å². The van der Waals surface area contributed by atoms with Gasteiger partial charge in [-0.3, -0.25) is 0 Å². The molecule has 1 aliphatic rings. The summed E-state index contributed by atoms with van der Waals surface area (Å²) in [5, 5.41) is 7.20. The van der Waals surface area contributed by atoms with Crippen molar-refractivity contribution in [2.45, 2.75) is 19.3 Å². The Labute approximate surface area is 285 Å². The molecule has 10 rings (SSSR count). The Bertz CT molecular complexity index is 2760. The molecule has 8 aromatic carbocycles. The van der Waals surface area contributed by atoms with E-state index in [0.29, 0.717) is 0 Å². The molecule has 232 valence electrons. The van der Waals surface area contributed by atoms with Crippen LogP contribution in [0.25, 0.3) is 65.7 Å². The van der Waals surface area contributed by atoms with Crippen molar-refractivity contribution in [3.8, 4) is 22.3 Å². The second kappa shape index (κ2) is 10.4. The molecule has 1 aromatic heterocycles. The first-order chi connectivity index (χ1) is 24.0. The van der Waals surface area contributed by atoms with Crippen LogP contribution in [-0.4, -0.2) is 0 Å². The van der Waals surface area contributed by atoms with Crippen LogP contribution in [0.2, 0.25) is 0 Å². The quantitative estimate of drug-likeness (QED) is 0.193. The molecule has 2 heteroatoms. The van der Waals surface area contributed by atoms with Gasteiger partial charge in [0, 0.05) is 33.2 Å². The van der Waals surface area contributed by atoms with Crippen LogP contribution in [0, 0.1) is 0 Å². The van der Waals surface area contributed by atoms with Crippen molar-refractivity contribution < 1.29 is 4.42 Å². The molecule has 0 unspecified atom stereocenters. The minimum absolute atomic E-state index is 0.0470. The zero-order valence-electron chi connectivity index (χ0n) is 27.4. The highest BCUT2D eigenvalue weighted by Gasteiger charge is 2.35. The average Bonchev–Trinajstić information content (AvgIpc) is 3.63. The van der Waals surface area contributed by atoms with E-state index in [2.05, 4.69) is 170 Å². The Hall–Kier alpha value is -6.12. The van der Waals surface area contributed by atoms with Gasteiger partial charge in [0.25, 0.3) is 0 Å². The van der Waals surface area contributed by atoms with Gasteiger partial charge >= 0.3 is 0 Å². The summed E-state index contributed by atoms with van der Waals surface area (Å²) in [6.07, 6.45) is 0. The topological polar surface area (TPSA) is 16.4 Å². The Balaban J connectivity index is 1.15. The van der Waals surface area contributed by atoms with Crippen molar-refractivity contribution >= 4 is 60.5 Å². The first-order valence-electron chi connectivity index (χ1n) is 17.0. The second-order valence-electron chi connectivity index (χ2n) is 13.8. The van der Waals surface area contributed by atoms with Crippen molar-refractivity contribution in [2.75, 3.05) is 4.90 Å². The van der Waals surface area contributed by atoms with Gasteiger partial charge < -0.3 is 9.32 Å². The fraction of sp³-hybridized carbons (Fsp3) is 0.0638. The monoisotopic (exact) mass is 627 g/mol. The molecule has 0 saturated carbocycles. The Morgan fingerprint density at radius 2 is 1.04 bits per heavy atom. The number of benzene rings is 8. The lowest BCUT2D eigenvalue weighted by Crippen LogP contribution is -2.15. The molecule has 0 atom stereocenters. The summed E-state index contributed by atoms with van der Waals surface area (Å²) in [7, 11) is 0. The standard InChI is InChI=1S/C47H33NO/c1-47(2)43-16-7-5-13-39(43)41-28-35(22-24-44(41)47)48(36-23-25-46-42(29-36)40-14-6-8-17-45(40)49-46)34-21-20-31-26-33(19-18-32(31)27-34)38-15-9-11-30-10-3-4-12-37(30)38/h3-29H,1-2H3. The number of para-hydroxylation sites is 1. The lowest BCUT2D eigenvalue weighted by atomic mass is 9.82. The zero-order chi connectivity index (χ0) is 32.7. The highest BCUT2D eigenvalue weighted by Crippen LogP contribution is 2.51. The maximum absolute atomic E-state index is 6.23. The van der Waals surface area contributed by atoms with Crippen LogP contribution in [0.3, 0.4) is 0 Å². The molecule has 1 aliphatic carbocycles. The van der Waals surface area contributed by atoms with E-state index < -0.39 is 0 Å². The van der Waals surface area contributed by atoms with E-state index in [1.165, 1.54) is 54.9 Å². The van der Waals surface area contributed by atoms with E-state index in [0.717, 1.165) is 39.0 Å². The van der Waals surface area contributed by atoms with Crippen molar-refractivity contribution in [1.29, 1.82) is 0 Å². The van der Waals surface area contributed by atoms with E-state index in [1.54, 1.807) is 0 Å². The van der Waals surface area contributed by atoms with Gasteiger partial charge in [-0.1, -0.05) is 123 Å². The lowest BCUT2D eigenvalue weighted by Gasteiger charge is -2.27. The van der Waals surface area contributed by atoms with Gasteiger partial charge in [-0.2, -0.15) is 0 Å². The summed E-state index contributed by atoms with van der Waals surface area (Å²) in [5.41, 5.74) is 13.0. The minimum Gasteiger partial charge on any atom is -0.456 e. The Kier molecular flexibility index (Phi) is 5.95. The lowest BCUT2D eigenvalue weighted by molar-refractivity contribution is 0.660. The molecule has 0 amide bonds. The van der Waals surface area contributed by atoms with Crippen LogP contribution in [0.5, 0.6) is 0 Å².